The molecular weight excluding hydrogens is 328 g/mol. The Hall–Kier alpha value is -3.13. The SMILES string of the molecule is CC(CCc1cccc(-c2ccc(C(=O)O)cc2)c1)CC(=O)NCC#N. The first kappa shape index (κ1) is 19.2. The molecule has 0 aliphatic heterocycles. The average Bonchev–Trinajstić information content (AvgIpc) is 2.65. The molecule has 5 nitrogen and oxygen atoms in total. The minimum atomic E-state index is -0.932. The van der Waals surface area contributed by atoms with E-state index < -0.39 is 5.97 Å². The van der Waals surface area contributed by atoms with Crippen LogP contribution >= 0.6 is 0 Å². The van der Waals surface area contributed by atoms with Crippen molar-refractivity contribution in [2.24, 2.45) is 5.92 Å². The summed E-state index contributed by atoms with van der Waals surface area (Å²) < 4.78 is 0. The van der Waals surface area contributed by atoms with Gasteiger partial charge in [-0.25, -0.2) is 4.79 Å². The standard InChI is InChI=1S/C21H22N2O3/c1-15(13-20(24)23-12-11-22)5-6-16-3-2-4-19(14-16)17-7-9-18(10-8-17)21(25)26/h2-4,7-10,14-15H,5-6,12-13H2,1H3,(H,23,24)(H,25,26). The van der Waals surface area contributed by atoms with Crippen molar-refractivity contribution in [3.8, 4) is 17.2 Å². The molecule has 5 heteroatoms. The first-order valence-electron chi connectivity index (χ1n) is 8.56. The summed E-state index contributed by atoms with van der Waals surface area (Å²) in [6.45, 7) is 2.08. The summed E-state index contributed by atoms with van der Waals surface area (Å²) in [5.41, 5.74) is 3.46. The Labute approximate surface area is 153 Å². The van der Waals surface area contributed by atoms with Crippen molar-refractivity contribution < 1.29 is 14.7 Å². The minimum absolute atomic E-state index is 0.0499. The number of hydrogen-bond donors (Lipinski definition) is 2. The third-order valence-electron chi connectivity index (χ3n) is 4.22. The van der Waals surface area contributed by atoms with E-state index in [4.69, 9.17) is 10.4 Å². The van der Waals surface area contributed by atoms with Gasteiger partial charge in [0, 0.05) is 6.42 Å². The van der Waals surface area contributed by atoms with Crippen LogP contribution in [-0.4, -0.2) is 23.5 Å². The van der Waals surface area contributed by atoms with Gasteiger partial charge in [-0.15, -0.1) is 0 Å². The van der Waals surface area contributed by atoms with E-state index in [0.29, 0.717) is 6.42 Å². The number of rotatable bonds is 8. The first-order valence-corrected chi connectivity index (χ1v) is 8.56. The van der Waals surface area contributed by atoms with Crippen LogP contribution in [-0.2, 0) is 11.2 Å². The molecule has 0 bridgehead atoms. The van der Waals surface area contributed by atoms with E-state index in [9.17, 15) is 9.59 Å². The number of carbonyl (C=O) groups is 2. The fourth-order valence-corrected chi connectivity index (χ4v) is 2.75. The van der Waals surface area contributed by atoms with Crippen LogP contribution in [0.3, 0.4) is 0 Å². The minimum Gasteiger partial charge on any atom is -0.478 e. The molecule has 2 rings (SSSR count). The van der Waals surface area contributed by atoms with Crippen molar-refractivity contribution >= 4 is 11.9 Å². The average molecular weight is 350 g/mol. The quantitative estimate of drug-likeness (QED) is 0.711. The summed E-state index contributed by atoms with van der Waals surface area (Å²) in [6.07, 6.45) is 2.15. The van der Waals surface area contributed by atoms with Gasteiger partial charge in [-0.3, -0.25) is 4.79 Å². The number of nitriles is 1. The topological polar surface area (TPSA) is 90.2 Å². The highest BCUT2D eigenvalue weighted by molar-refractivity contribution is 5.88. The molecule has 134 valence electrons. The van der Waals surface area contributed by atoms with E-state index in [1.807, 2.05) is 37.3 Å². The zero-order chi connectivity index (χ0) is 18.9. The van der Waals surface area contributed by atoms with Gasteiger partial charge < -0.3 is 10.4 Å². The molecule has 1 unspecified atom stereocenters. The summed E-state index contributed by atoms with van der Waals surface area (Å²) >= 11 is 0. The van der Waals surface area contributed by atoms with Gasteiger partial charge in [0.15, 0.2) is 0 Å². The number of carboxylic acid groups (broad SMARTS) is 1. The highest BCUT2D eigenvalue weighted by Gasteiger charge is 2.09. The van der Waals surface area contributed by atoms with E-state index in [0.717, 1.165) is 24.0 Å². The predicted molar refractivity (Wildman–Crippen MR) is 99.6 cm³/mol. The van der Waals surface area contributed by atoms with Gasteiger partial charge in [-0.1, -0.05) is 43.3 Å². The molecule has 0 heterocycles. The molecular formula is C21H22N2O3. The maximum absolute atomic E-state index is 11.6. The van der Waals surface area contributed by atoms with Crippen LogP contribution < -0.4 is 5.32 Å². The molecule has 1 amide bonds. The fraction of sp³-hybridized carbons (Fsp3) is 0.286. The van der Waals surface area contributed by atoms with E-state index in [2.05, 4.69) is 17.4 Å². The lowest BCUT2D eigenvalue weighted by Gasteiger charge is -2.11. The summed E-state index contributed by atoms with van der Waals surface area (Å²) in [5, 5.41) is 20.0. The van der Waals surface area contributed by atoms with Crippen LogP contribution in [0.15, 0.2) is 48.5 Å². The molecule has 0 aromatic heterocycles. The Morgan fingerprint density at radius 1 is 1.15 bits per heavy atom. The van der Waals surface area contributed by atoms with Gasteiger partial charge in [0.2, 0.25) is 5.91 Å². The lowest BCUT2D eigenvalue weighted by molar-refractivity contribution is -0.121. The fourth-order valence-electron chi connectivity index (χ4n) is 2.75. The maximum atomic E-state index is 11.6. The number of carbonyl (C=O) groups excluding carboxylic acids is 1. The van der Waals surface area contributed by atoms with Crippen molar-refractivity contribution in [2.75, 3.05) is 6.54 Å². The number of aromatic carboxylic acids is 1. The Kier molecular flexibility index (Phi) is 6.92. The van der Waals surface area contributed by atoms with Crippen LogP contribution in [0.2, 0.25) is 0 Å². The molecule has 0 saturated heterocycles. The Bertz CT molecular complexity index is 807. The summed E-state index contributed by atoms with van der Waals surface area (Å²) in [6, 6.07) is 16.9. The predicted octanol–water partition coefficient (Wildman–Crippen LogP) is 3.65. The normalized spacial score (nSPS) is 11.4. The number of carboxylic acids is 1. The number of aryl methyl sites for hydroxylation is 1. The van der Waals surface area contributed by atoms with E-state index in [1.54, 1.807) is 12.1 Å². The van der Waals surface area contributed by atoms with Crippen molar-refractivity contribution in [3.63, 3.8) is 0 Å². The van der Waals surface area contributed by atoms with Crippen molar-refractivity contribution in [3.05, 3.63) is 59.7 Å². The van der Waals surface area contributed by atoms with Crippen molar-refractivity contribution in [2.45, 2.75) is 26.2 Å². The Balaban J connectivity index is 1.95. The Morgan fingerprint density at radius 2 is 1.88 bits per heavy atom. The molecule has 2 aromatic carbocycles. The molecule has 2 N–H and O–H groups in total. The Morgan fingerprint density at radius 3 is 2.54 bits per heavy atom. The number of hydrogen-bond acceptors (Lipinski definition) is 3. The number of amides is 1. The van der Waals surface area contributed by atoms with Crippen molar-refractivity contribution in [1.29, 1.82) is 5.26 Å². The van der Waals surface area contributed by atoms with E-state index in [1.165, 1.54) is 5.56 Å². The van der Waals surface area contributed by atoms with Crippen LogP contribution in [0, 0.1) is 17.2 Å². The van der Waals surface area contributed by atoms with E-state index >= 15 is 0 Å². The third kappa shape index (κ3) is 5.75. The summed E-state index contributed by atoms with van der Waals surface area (Å²) in [5.74, 6) is -0.795. The van der Waals surface area contributed by atoms with Gasteiger partial charge in [-0.05, 0) is 47.6 Å². The molecule has 0 saturated carbocycles. The smallest absolute Gasteiger partial charge is 0.335 e. The number of benzene rings is 2. The van der Waals surface area contributed by atoms with Crippen LogP contribution in [0.4, 0.5) is 0 Å². The summed E-state index contributed by atoms with van der Waals surface area (Å²) in [4.78, 5) is 22.6. The molecule has 0 aliphatic rings. The molecule has 0 spiro atoms. The number of nitrogens with one attached hydrogen (secondary N) is 1. The van der Waals surface area contributed by atoms with Gasteiger partial charge in [0.25, 0.3) is 0 Å². The lowest BCUT2D eigenvalue weighted by Crippen LogP contribution is -2.25. The summed E-state index contributed by atoms with van der Waals surface area (Å²) in [7, 11) is 0. The zero-order valence-corrected chi connectivity index (χ0v) is 14.7. The molecule has 1 atom stereocenters. The lowest BCUT2D eigenvalue weighted by atomic mass is 9.95. The molecule has 0 aliphatic carbocycles. The molecule has 2 aromatic rings. The molecule has 26 heavy (non-hydrogen) atoms. The zero-order valence-electron chi connectivity index (χ0n) is 14.7. The van der Waals surface area contributed by atoms with Gasteiger partial charge in [0.1, 0.15) is 6.54 Å². The van der Waals surface area contributed by atoms with Crippen LogP contribution in [0.5, 0.6) is 0 Å². The molecule has 0 radical (unpaired) electrons. The second kappa shape index (κ2) is 9.38. The highest BCUT2D eigenvalue weighted by atomic mass is 16.4. The van der Waals surface area contributed by atoms with Gasteiger partial charge in [0.05, 0.1) is 11.6 Å². The van der Waals surface area contributed by atoms with Crippen LogP contribution in [0.1, 0.15) is 35.7 Å². The second-order valence-corrected chi connectivity index (χ2v) is 6.37. The van der Waals surface area contributed by atoms with E-state index in [-0.39, 0.29) is 23.9 Å². The monoisotopic (exact) mass is 350 g/mol. The van der Waals surface area contributed by atoms with Gasteiger partial charge in [-0.2, -0.15) is 5.26 Å². The molecule has 0 fully saturated rings. The second-order valence-electron chi connectivity index (χ2n) is 6.37. The van der Waals surface area contributed by atoms with Gasteiger partial charge >= 0.3 is 5.97 Å². The van der Waals surface area contributed by atoms with Crippen LogP contribution in [0.25, 0.3) is 11.1 Å². The maximum Gasteiger partial charge on any atom is 0.335 e. The first-order chi connectivity index (χ1) is 12.5. The third-order valence-corrected chi connectivity index (χ3v) is 4.22. The largest absolute Gasteiger partial charge is 0.478 e. The highest BCUT2D eigenvalue weighted by Crippen LogP contribution is 2.22. The number of nitrogens with zero attached hydrogens (tertiary/aromatic N) is 1. The van der Waals surface area contributed by atoms with Crippen molar-refractivity contribution in [1.82, 2.24) is 5.32 Å².